The minimum absolute atomic E-state index is 0.334. The molecule has 0 bridgehead atoms. The molecule has 0 aliphatic rings. The van der Waals surface area contributed by atoms with Crippen LogP contribution in [0.4, 0.5) is 0 Å². The lowest BCUT2D eigenvalue weighted by atomic mass is 10.5. The second-order valence-corrected chi connectivity index (χ2v) is 8.27. The fraction of sp³-hybridized carbons (Fsp3) is 0.600. The average Bonchev–Trinajstić information content (AvgIpc) is 2.63. The molecule has 0 aliphatic heterocycles. The van der Waals surface area contributed by atoms with Crippen LogP contribution in [0.2, 0.25) is 0 Å². The second-order valence-electron chi connectivity index (χ2n) is 3.52. The lowest BCUT2D eigenvalue weighted by molar-refractivity contribution is 0.147. The minimum Gasteiger partial charge on any atom is -0.380 e. The van der Waals surface area contributed by atoms with Crippen LogP contribution in [0.1, 0.15) is 11.3 Å². The van der Waals surface area contributed by atoms with Gasteiger partial charge in [0.1, 0.15) is 0 Å². The molecule has 1 aromatic rings. The van der Waals surface area contributed by atoms with Crippen LogP contribution in [-0.4, -0.2) is 34.1 Å². The molecule has 0 spiro atoms. The van der Waals surface area contributed by atoms with E-state index in [4.69, 9.17) is 16.3 Å². The summed E-state index contributed by atoms with van der Waals surface area (Å²) >= 11 is 10.1. The third-order valence-corrected chi connectivity index (χ3v) is 5.53. The third kappa shape index (κ3) is 5.14. The minimum atomic E-state index is -3.41. The standard InChI is InChI=1S/C10H15BrClNO3S2/c1-8-9(7-10(11)17-8)18(14,15)13-4-2-5-16-6-3-12/h7,13H,2-6H2,1H3. The molecule has 0 fully saturated rings. The van der Waals surface area contributed by atoms with Gasteiger partial charge in [-0.1, -0.05) is 0 Å². The van der Waals surface area contributed by atoms with E-state index in [2.05, 4.69) is 20.7 Å². The van der Waals surface area contributed by atoms with Crippen LogP contribution in [0, 0.1) is 6.92 Å². The van der Waals surface area contributed by atoms with Gasteiger partial charge in [-0.05, 0) is 35.3 Å². The van der Waals surface area contributed by atoms with Gasteiger partial charge in [0.05, 0.1) is 15.3 Å². The number of rotatable bonds is 8. The number of alkyl halides is 1. The molecule has 0 saturated carbocycles. The fourth-order valence-corrected chi connectivity index (χ4v) is 4.91. The van der Waals surface area contributed by atoms with Gasteiger partial charge in [0.15, 0.2) is 0 Å². The molecule has 0 amide bonds. The summed E-state index contributed by atoms with van der Waals surface area (Å²) in [5.41, 5.74) is 0. The van der Waals surface area contributed by atoms with Crippen molar-refractivity contribution in [1.82, 2.24) is 4.72 Å². The first-order valence-electron chi connectivity index (χ1n) is 5.36. The molecule has 8 heteroatoms. The first kappa shape index (κ1) is 16.4. The zero-order valence-corrected chi connectivity index (χ0v) is 13.9. The Morgan fingerprint density at radius 2 is 2.22 bits per heavy atom. The maximum atomic E-state index is 12.0. The zero-order chi connectivity index (χ0) is 13.6. The summed E-state index contributed by atoms with van der Waals surface area (Å²) in [5.74, 6) is 0.452. The Hall–Kier alpha value is 0.340. The molecule has 1 N–H and O–H groups in total. The highest BCUT2D eigenvalue weighted by molar-refractivity contribution is 9.11. The molecule has 0 atom stereocenters. The van der Waals surface area contributed by atoms with Crippen LogP contribution in [0.15, 0.2) is 14.7 Å². The normalized spacial score (nSPS) is 11.9. The summed E-state index contributed by atoms with van der Waals surface area (Å²) in [6.45, 7) is 3.14. The zero-order valence-electron chi connectivity index (χ0n) is 9.91. The third-order valence-electron chi connectivity index (χ3n) is 2.11. The van der Waals surface area contributed by atoms with Crippen LogP contribution in [0.25, 0.3) is 0 Å². The Balaban J connectivity index is 2.43. The number of hydrogen-bond acceptors (Lipinski definition) is 4. The molecule has 1 heterocycles. The maximum Gasteiger partial charge on any atom is 0.241 e. The summed E-state index contributed by atoms with van der Waals surface area (Å²) in [7, 11) is -3.41. The summed E-state index contributed by atoms with van der Waals surface area (Å²) in [6.07, 6.45) is 0.625. The van der Waals surface area contributed by atoms with Crippen molar-refractivity contribution in [1.29, 1.82) is 0 Å². The number of hydrogen-bond donors (Lipinski definition) is 1. The van der Waals surface area contributed by atoms with Crippen molar-refractivity contribution in [3.05, 3.63) is 14.7 Å². The van der Waals surface area contributed by atoms with Gasteiger partial charge in [0, 0.05) is 23.9 Å². The van der Waals surface area contributed by atoms with E-state index in [0.717, 1.165) is 8.66 Å². The summed E-state index contributed by atoms with van der Waals surface area (Å²) in [6, 6.07) is 1.62. The number of sulfonamides is 1. The number of nitrogens with one attached hydrogen (secondary N) is 1. The molecule has 1 aromatic heterocycles. The fourth-order valence-electron chi connectivity index (χ4n) is 1.31. The van der Waals surface area contributed by atoms with Crippen LogP contribution in [-0.2, 0) is 14.8 Å². The highest BCUT2D eigenvalue weighted by atomic mass is 79.9. The van der Waals surface area contributed by atoms with Gasteiger partial charge in [-0.15, -0.1) is 22.9 Å². The predicted molar refractivity (Wildman–Crippen MR) is 78.1 cm³/mol. The lowest BCUT2D eigenvalue weighted by Gasteiger charge is -2.06. The van der Waals surface area contributed by atoms with Gasteiger partial charge < -0.3 is 4.74 Å². The highest BCUT2D eigenvalue weighted by Gasteiger charge is 2.18. The molecular weight excluding hydrogens is 362 g/mol. The van der Waals surface area contributed by atoms with Crippen LogP contribution < -0.4 is 4.72 Å². The number of halogens is 2. The van der Waals surface area contributed by atoms with E-state index in [9.17, 15) is 8.42 Å². The molecule has 1 rings (SSSR count). The Morgan fingerprint density at radius 3 is 2.78 bits per heavy atom. The SMILES string of the molecule is Cc1sc(Br)cc1S(=O)(=O)NCCCOCCCl. The second kappa shape index (κ2) is 7.81. The van der Waals surface area contributed by atoms with Crippen molar-refractivity contribution >= 4 is 48.9 Å². The Kier molecular flexibility index (Phi) is 7.12. The van der Waals surface area contributed by atoms with Crippen LogP contribution >= 0.6 is 38.9 Å². The van der Waals surface area contributed by atoms with Gasteiger partial charge >= 0.3 is 0 Å². The molecule has 0 aliphatic carbocycles. The number of ether oxygens (including phenoxy) is 1. The summed E-state index contributed by atoms with van der Waals surface area (Å²) in [5, 5.41) is 0. The largest absolute Gasteiger partial charge is 0.380 e. The number of thiophene rings is 1. The van der Waals surface area contributed by atoms with Crippen molar-refractivity contribution in [3.63, 3.8) is 0 Å². The van der Waals surface area contributed by atoms with E-state index in [1.165, 1.54) is 11.3 Å². The molecule has 0 saturated heterocycles. The maximum absolute atomic E-state index is 12.0. The first-order valence-corrected chi connectivity index (χ1v) is 8.99. The van der Waals surface area contributed by atoms with E-state index in [0.29, 0.717) is 37.0 Å². The van der Waals surface area contributed by atoms with E-state index in [-0.39, 0.29) is 0 Å². The topological polar surface area (TPSA) is 55.4 Å². The van der Waals surface area contributed by atoms with E-state index >= 15 is 0 Å². The quantitative estimate of drug-likeness (QED) is 0.560. The van der Waals surface area contributed by atoms with E-state index in [1.807, 2.05) is 0 Å². The summed E-state index contributed by atoms with van der Waals surface area (Å²) < 4.78 is 32.5. The van der Waals surface area contributed by atoms with Gasteiger partial charge in [-0.25, -0.2) is 13.1 Å². The van der Waals surface area contributed by atoms with Crippen molar-refractivity contribution < 1.29 is 13.2 Å². The van der Waals surface area contributed by atoms with Crippen LogP contribution in [0.3, 0.4) is 0 Å². The first-order chi connectivity index (χ1) is 8.47. The van der Waals surface area contributed by atoms with E-state index in [1.54, 1.807) is 13.0 Å². The average molecular weight is 377 g/mol. The van der Waals surface area contributed by atoms with Gasteiger partial charge in [-0.2, -0.15) is 0 Å². The molecule has 4 nitrogen and oxygen atoms in total. The smallest absolute Gasteiger partial charge is 0.241 e. The van der Waals surface area contributed by atoms with Crippen molar-refractivity contribution in [2.24, 2.45) is 0 Å². The highest BCUT2D eigenvalue weighted by Crippen LogP contribution is 2.29. The molecule has 18 heavy (non-hydrogen) atoms. The monoisotopic (exact) mass is 375 g/mol. The van der Waals surface area contributed by atoms with Crippen molar-refractivity contribution in [2.45, 2.75) is 18.2 Å². The molecule has 0 radical (unpaired) electrons. The van der Waals surface area contributed by atoms with Crippen LogP contribution in [0.5, 0.6) is 0 Å². The van der Waals surface area contributed by atoms with E-state index < -0.39 is 10.0 Å². The molecular formula is C10H15BrClNO3S2. The Morgan fingerprint density at radius 1 is 1.50 bits per heavy atom. The Bertz CT molecular complexity index is 475. The van der Waals surface area contributed by atoms with Gasteiger partial charge in [-0.3, -0.25) is 0 Å². The molecule has 0 unspecified atom stereocenters. The summed E-state index contributed by atoms with van der Waals surface area (Å²) in [4.78, 5) is 1.11. The molecule has 104 valence electrons. The molecule has 0 aromatic carbocycles. The van der Waals surface area contributed by atoms with Crippen molar-refractivity contribution in [3.8, 4) is 0 Å². The predicted octanol–water partition coefficient (Wildman–Crippen LogP) is 2.74. The van der Waals surface area contributed by atoms with Crippen molar-refractivity contribution in [2.75, 3.05) is 25.6 Å². The van der Waals surface area contributed by atoms with Gasteiger partial charge in [0.25, 0.3) is 0 Å². The Labute approximate surface area is 125 Å². The number of aryl methyl sites for hydroxylation is 1. The lowest BCUT2D eigenvalue weighted by Crippen LogP contribution is -2.25. The van der Waals surface area contributed by atoms with Gasteiger partial charge in [0.2, 0.25) is 10.0 Å².